The van der Waals surface area contributed by atoms with E-state index >= 15 is 0 Å². The van der Waals surface area contributed by atoms with Crippen LogP contribution in [0, 0.1) is 5.92 Å². The van der Waals surface area contributed by atoms with Crippen LogP contribution >= 0.6 is 0 Å². The first-order chi connectivity index (χ1) is 9.11. The van der Waals surface area contributed by atoms with E-state index in [2.05, 4.69) is 13.8 Å². The number of rotatable bonds is 4. The van der Waals surface area contributed by atoms with E-state index in [1.54, 1.807) is 0 Å². The van der Waals surface area contributed by atoms with E-state index in [4.69, 9.17) is 10.5 Å². The van der Waals surface area contributed by atoms with Crippen LogP contribution in [0.25, 0.3) is 0 Å². The van der Waals surface area contributed by atoms with Gasteiger partial charge in [0.25, 0.3) is 5.91 Å². The summed E-state index contributed by atoms with van der Waals surface area (Å²) in [6.45, 7) is 5.61. The van der Waals surface area contributed by atoms with Crippen LogP contribution in [0.1, 0.15) is 25.8 Å². The molecule has 1 heterocycles. The topological polar surface area (TPSA) is 55.6 Å². The van der Waals surface area contributed by atoms with Crippen molar-refractivity contribution >= 4 is 5.91 Å². The number of carbonyl (C=O) groups is 1. The molecule has 0 saturated carbocycles. The molecule has 104 valence electrons. The minimum atomic E-state index is 0.0590. The average molecular weight is 262 g/mol. The summed E-state index contributed by atoms with van der Waals surface area (Å²) in [7, 11) is 0. The average Bonchev–Trinajstić information content (AvgIpc) is 2.75. The highest BCUT2D eigenvalue weighted by Gasteiger charge is 2.29. The number of para-hydroxylation sites is 1. The van der Waals surface area contributed by atoms with Crippen LogP contribution in [0.15, 0.2) is 24.3 Å². The molecule has 4 nitrogen and oxygen atoms in total. The summed E-state index contributed by atoms with van der Waals surface area (Å²) >= 11 is 0. The van der Waals surface area contributed by atoms with Gasteiger partial charge in [0.2, 0.25) is 0 Å². The van der Waals surface area contributed by atoms with E-state index in [9.17, 15) is 4.79 Å². The maximum absolute atomic E-state index is 12.1. The second kappa shape index (κ2) is 6.06. The van der Waals surface area contributed by atoms with Gasteiger partial charge < -0.3 is 15.4 Å². The van der Waals surface area contributed by atoms with E-state index in [1.165, 1.54) is 0 Å². The van der Waals surface area contributed by atoms with Gasteiger partial charge in [0.15, 0.2) is 6.61 Å². The SMILES string of the molecule is CC1CC(C)N(C(=O)COc2ccccc2CN)C1. The number of amides is 1. The summed E-state index contributed by atoms with van der Waals surface area (Å²) in [5.41, 5.74) is 6.57. The maximum atomic E-state index is 12.1. The molecule has 1 aliphatic heterocycles. The molecule has 19 heavy (non-hydrogen) atoms. The Balaban J connectivity index is 1.93. The van der Waals surface area contributed by atoms with Crippen LogP contribution in [0.3, 0.4) is 0 Å². The summed E-state index contributed by atoms with van der Waals surface area (Å²) in [4.78, 5) is 14.1. The van der Waals surface area contributed by atoms with E-state index in [0.717, 1.165) is 18.5 Å². The van der Waals surface area contributed by atoms with Crippen molar-refractivity contribution in [3.05, 3.63) is 29.8 Å². The van der Waals surface area contributed by atoms with Crippen molar-refractivity contribution in [1.29, 1.82) is 0 Å². The van der Waals surface area contributed by atoms with E-state index in [0.29, 0.717) is 24.3 Å². The minimum Gasteiger partial charge on any atom is -0.483 e. The fourth-order valence-electron chi connectivity index (χ4n) is 2.68. The molecule has 0 bridgehead atoms. The molecule has 1 fully saturated rings. The van der Waals surface area contributed by atoms with E-state index in [-0.39, 0.29) is 12.5 Å². The molecule has 1 aliphatic rings. The first kappa shape index (κ1) is 13.9. The summed E-state index contributed by atoms with van der Waals surface area (Å²) < 4.78 is 5.61. The number of hydrogen-bond acceptors (Lipinski definition) is 3. The number of nitrogens with zero attached hydrogens (tertiary/aromatic N) is 1. The van der Waals surface area contributed by atoms with Crippen LogP contribution in [0.4, 0.5) is 0 Å². The van der Waals surface area contributed by atoms with Gasteiger partial charge in [0.1, 0.15) is 5.75 Å². The first-order valence-corrected chi connectivity index (χ1v) is 6.82. The highest BCUT2D eigenvalue weighted by Crippen LogP contribution is 2.23. The lowest BCUT2D eigenvalue weighted by Crippen LogP contribution is -2.37. The molecular weight excluding hydrogens is 240 g/mol. The van der Waals surface area contributed by atoms with Crippen molar-refractivity contribution in [2.24, 2.45) is 11.7 Å². The predicted octanol–water partition coefficient (Wildman–Crippen LogP) is 1.78. The van der Waals surface area contributed by atoms with Gasteiger partial charge in [-0.2, -0.15) is 0 Å². The Hall–Kier alpha value is -1.55. The Kier molecular flexibility index (Phi) is 4.43. The van der Waals surface area contributed by atoms with Gasteiger partial charge in [0, 0.05) is 24.7 Å². The largest absolute Gasteiger partial charge is 0.483 e. The number of nitrogens with two attached hydrogens (primary N) is 1. The normalized spacial score (nSPS) is 22.6. The van der Waals surface area contributed by atoms with Crippen molar-refractivity contribution < 1.29 is 9.53 Å². The van der Waals surface area contributed by atoms with Crippen molar-refractivity contribution in [2.75, 3.05) is 13.2 Å². The third-order valence-electron chi connectivity index (χ3n) is 3.65. The molecule has 4 heteroatoms. The Morgan fingerprint density at radius 3 is 2.79 bits per heavy atom. The van der Waals surface area contributed by atoms with Crippen LogP contribution in [-0.4, -0.2) is 30.0 Å². The van der Waals surface area contributed by atoms with Crippen molar-refractivity contribution in [3.8, 4) is 5.75 Å². The van der Waals surface area contributed by atoms with E-state index in [1.807, 2.05) is 29.2 Å². The van der Waals surface area contributed by atoms with Gasteiger partial charge in [-0.25, -0.2) is 0 Å². The van der Waals surface area contributed by atoms with Gasteiger partial charge >= 0.3 is 0 Å². The fraction of sp³-hybridized carbons (Fsp3) is 0.533. The molecule has 0 aliphatic carbocycles. The summed E-state index contributed by atoms with van der Waals surface area (Å²) in [5, 5.41) is 0. The zero-order valence-electron chi connectivity index (χ0n) is 11.6. The molecule has 0 aromatic heterocycles. The molecule has 0 spiro atoms. The molecule has 2 rings (SSSR count). The molecule has 1 saturated heterocycles. The standard InChI is InChI=1S/C15H22N2O2/c1-11-7-12(2)17(9-11)15(18)10-19-14-6-4-3-5-13(14)8-16/h3-6,11-12H,7-10,16H2,1-2H3. The summed E-state index contributed by atoms with van der Waals surface area (Å²) in [6, 6.07) is 7.89. The van der Waals surface area contributed by atoms with Crippen LogP contribution in [-0.2, 0) is 11.3 Å². The molecule has 2 N–H and O–H groups in total. The number of carbonyl (C=O) groups excluding carboxylic acids is 1. The van der Waals surface area contributed by atoms with Gasteiger partial charge in [0.05, 0.1) is 0 Å². The molecule has 0 radical (unpaired) electrons. The fourth-order valence-corrected chi connectivity index (χ4v) is 2.68. The Morgan fingerprint density at radius 2 is 2.16 bits per heavy atom. The molecule has 1 amide bonds. The monoisotopic (exact) mass is 262 g/mol. The third-order valence-corrected chi connectivity index (χ3v) is 3.65. The molecule has 1 aromatic rings. The molecule has 1 aromatic carbocycles. The Labute approximate surface area is 114 Å². The van der Waals surface area contributed by atoms with Gasteiger partial charge in [-0.1, -0.05) is 25.1 Å². The third kappa shape index (κ3) is 3.26. The zero-order chi connectivity index (χ0) is 13.8. The van der Waals surface area contributed by atoms with E-state index < -0.39 is 0 Å². The maximum Gasteiger partial charge on any atom is 0.260 e. The minimum absolute atomic E-state index is 0.0590. The second-order valence-corrected chi connectivity index (χ2v) is 5.34. The van der Waals surface area contributed by atoms with Gasteiger partial charge in [-0.3, -0.25) is 4.79 Å². The number of likely N-dealkylation sites (tertiary alicyclic amines) is 1. The van der Waals surface area contributed by atoms with Gasteiger partial charge in [-0.05, 0) is 25.3 Å². The Bertz CT molecular complexity index is 448. The van der Waals surface area contributed by atoms with Crippen LogP contribution in [0.5, 0.6) is 5.75 Å². The Morgan fingerprint density at radius 1 is 1.42 bits per heavy atom. The van der Waals surface area contributed by atoms with Crippen molar-refractivity contribution in [1.82, 2.24) is 4.90 Å². The quantitative estimate of drug-likeness (QED) is 0.900. The van der Waals surface area contributed by atoms with Crippen LogP contribution in [0.2, 0.25) is 0 Å². The van der Waals surface area contributed by atoms with Gasteiger partial charge in [-0.15, -0.1) is 0 Å². The predicted molar refractivity (Wildman–Crippen MR) is 74.8 cm³/mol. The highest BCUT2D eigenvalue weighted by atomic mass is 16.5. The number of ether oxygens (including phenoxy) is 1. The van der Waals surface area contributed by atoms with Crippen LogP contribution < -0.4 is 10.5 Å². The number of hydrogen-bond donors (Lipinski definition) is 1. The smallest absolute Gasteiger partial charge is 0.260 e. The number of benzene rings is 1. The molecule has 2 atom stereocenters. The van der Waals surface area contributed by atoms with Crippen molar-refractivity contribution in [3.63, 3.8) is 0 Å². The summed E-state index contributed by atoms with van der Waals surface area (Å²) in [5.74, 6) is 1.34. The molecule has 2 unspecified atom stereocenters. The lowest BCUT2D eigenvalue weighted by atomic mass is 10.1. The lowest BCUT2D eigenvalue weighted by molar-refractivity contribution is -0.134. The zero-order valence-corrected chi connectivity index (χ0v) is 11.6. The first-order valence-electron chi connectivity index (χ1n) is 6.82. The summed E-state index contributed by atoms with van der Waals surface area (Å²) in [6.07, 6.45) is 1.07. The highest BCUT2D eigenvalue weighted by molar-refractivity contribution is 5.78. The van der Waals surface area contributed by atoms with Crippen molar-refractivity contribution in [2.45, 2.75) is 32.9 Å². The lowest BCUT2D eigenvalue weighted by Gasteiger charge is -2.21. The molecular formula is C15H22N2O2. The second-order valence-electron chi connectivity index (χ2n) is 5.34.